The Balaban J connectivity index is 1.52. The minimum atomic E-state index is -0.286. The van der Waals surface area contributed by atoms with E-state index in [1.165, 1.54) is 4.88 Å². The zero-order valence-corrected chi connectivity index (χ0v) is 11.5. The van der Waals surface area contributed by atoms with Gasteiger partial charge in [0.2, 0.25) is 0 Å². The molecule has 0 saturated carbocycles. The molecule has 0 spiro atoms. The molecule has 0 amide bonds. The van der Waals surface area contributed by atoms with Crippen molar-refractivity contribution >= 4 is 11.3 Å². The quantitative estimate of drug-likeness (QED) is 0.711. The summed E-state index contributed by atoms with van der Waals surface area (Å²) in [7, 11) is 0. The second kappa shape index (κ2) is 7.86. The van der Waals surface area contributed by atoms with Crippen LogP contribution in [-0.2, 0) is 11.2 Å². The van der Waals surface area contributed by atoms with E-state index in [0.717, 1.165) is 45.8 Å². The molecule has 1 aliphatic heterocycles. The van der Waals surface area contributed by atoms with E-state index in [1.807, 2.05) is 0 Å². The van der Waals surface area contributed by atoms with Crippen LogP contribution in [0, 0.1) is 0 Å². The third kappa shape index (κ3) is 5.04. The Kier molecular flexibility index (Phi) is 6.10. The molecule has 0 aliphatic carbocycles. The second-order valence-corrected chi connectivity index (χ2v) is 5.63. The van der Waals surface area contributed by atoms with E-state index < -0.39 is 0 Å². The molecule has 1 aromatic rings. The Morgan fingerprint density at radius 3 is 3.00 bits per heavy atom. The van der Waals surface area contributed by atoms with Gasteiger partial charge < -0.3 is 15.2 Å². The summed E-state index contributed by atoms with van der Waals surface area (Å²) in [6.07, 6.45) is 0.758. The van der Waals surface area contributed by atoms with Crippen molar-refractivity contribution in [3.05, 3.63) is 22.4 Å². The molecule has 0 aromatic carbocycles. The number of ether oxygens (including phenoxy) is 1. The number of rotatable bonds is 7. The van der Waals surface area contributed by atoms with Crippen molar-refractivity contribution in [1.29, 1.82) is 0 Å². The van der Waals surface area contributed by atoms with Gasteiger partial charge in [-0.2, -0.15) is 0 Å². The van der Waals surface area contributed by atoms with Gasteiger partial charge in [-0.3, -0.25) is 4.90 Å². The number of aliphatic hydroxyl groups excluding tert-OH is 1. The molecular weight excluding hydrogens is 248 g/mol. The summed E-state index contributed by atoms with van der Waals surface area (Å²) in [5, 5.41) is 15.3. The number of morpholine rings is 1. The first-order valence-corrected chi connectivity index (χ1v) is 7.44. The molecule has 1 atom stereocenters. The van der Waals surface area contributed by atoms with Gasteiger partial charge in [0, 0.05) is 37.6 Å². The fourth-order valence-corrected chi connectivity index (χ4v) is 2.79. The van der Waals surface area contributed by atoms with Crippen molar-refractivity contribution in [2.24, 2.45) is 0 Å². The predicted molar refractivity (Wildman–Crippen MR) is 74.2 cm³/mol. The van der Waals surface area contributed by atoms with E-state index in [4.69, 9.17) is 4.74 Å². The first-order chi connectivity index (χ1) is 8.84. The van der Waals surface area contributed by atoms with Crippen molar-refractivity contribution in [2.75, 3.05) is 45.9 Å². The highest BCUT2D eigenvalue weighted by Gasteiger charge is 2.14. The lowest BCUT2D eigenvalue weighted by Crippen LogP contribution is -2.43. The largest absolute Gasteiger partial charge is 0.390 e. The fourth-order valence-electron chi connectivity index (χ4n) is 2.08. The number of thiophene rings is 1. The maximum Gasteiger partial charge on any atom is 0.0791 e. The number of hydrogen-bond acceptors (Lipinski definition) is 5. The molecule has 0 bridgehead atoms. The number of nitrogens with zero attached hydrogens (tertiary/aromatic N) is 1. The molecular formula is C13H22N2O2S. The Labute approximate surface area is 113 Å². The fraction of sp³-hybridized carbons (Fsp3) is 0.692. The van der Waals surface area contributed by atoms with Crippen LogP contribution < -0.4 is 5.32 Å². The van der Waals surface area contributed by atoms with Gasteiger partial charge in [-0.1, -0.05) is 6.07 Å². The Hall–Kier alpha value is -0.460. The Morgan fingerprint density at radius 1 is 1.44 bits per heavy atom. The second-order valence-electron chi connectivity index (χ2n) is 4.60. The third-order valence-electron chi connectivity index (χ3n) is 3.08. The lowest BCUT2D eigenvalue weighted by Gasteiger charge is -2.28. The molecule has 1 unspecified atom stereocenters. The first-order valence-electron chi connectivity index (χ1n) is 6.56. The van der Waals surface area contributed by atoms with Crippen LogP contribution in [-0.4, -0.2) is 62.0 Å². The summed E-state index contributed by atoms with van der Waals surface area (Å²) in [5.41, 5.74) is 0. The first kappa shape index (κ1) is 14.0. The van der Waals surface area contributed by atoms with Gasteiger partial charge in [0.15, 0.2) is 0 Å². The molecule has 1 aliphatic rings. The van der Waals surface area contributed by atoms with Crippen molar-refractivity contribution in [3.8, 4) is 0 Å². The third-order valence-corrected chi connectivity index (χ3v) is 4.02. The normalized spacial score (nSPS) is 18.9. The van der Waals surface area contributed by atoms with Crippen LogP contribution in [0.15, 0.2) is 17.5 Å². The van der Waals surface area contributed by atoms with E-state index in [2.05, 4.69) is 27.7 Å². The van der Waals surface area contributed by atoms with Crippen LogP contribution in [0.4, 0.5) is 0 Å². The maximum atomic E-state index is 9.92. The molecule has 1 aromatic heterocycles. The van der Waals surface area contributed by atoms with Gasteiger partial charge in [0.05, 0.1) is 19.3 Å². The van der Waals surface area contributed by atoms with Gasteiger partial charge in [-0.25, -0.2) is 0 Å². The Bertz CT molecular complexity index is 313. The molecule has 0 radical (unpaired) electrons. The molecule has 5 heteroatoms. The lowest BCUT2D eigenvalue weighted by molar-refractivity contribution is 0.0150. The minimum Gasteiger partial charge on any atom is -0.390 e. The predicted octanol–water partition coefficient (Wildman–Crippen LogP) is 0.573. The SMILES string of the molecule is OC(CNCCc1cccs1)CN1CCOCC1. The zero-order valence-electron chi connectivity index (χ0n) is 10.7. The smallest absolute Gasteiger partial charge is 0.0791 e. The van der Waals surface area contributed by atoms with Crippen LogP contribution >= 0.6 is 11.3 Å². The molecule has 1 saturated heterocycles. The standard InChI is InChI=1S/C13H22N2O2S/c16-12(11-15-5-7-17-8-6-15)10-14-4-3-13-2-1-9-18-13/h1-2,9,12,14,16H,3-8,10-11H2. The van der Waals surface area contributed by atoms with Crippen molar-refractivity contribution in [1.82, 2.24) is 10.2 Å². The number of aliphatic hydroxyl groups is 1. The summed E-state index contributed by atoms with van der Waals surface area (Å²) in [4.78, 5) is 3.65. The van der Waals surface area contributed by atoms with E-state index >= 15 is 0 Å². The summed E-state index contributed by atoms with van der Waals surface area (Å²) >= 11 is 1.79. The van der Waals surface area contributed by atoms with E-state index in [9.17, 15) is 5.11 Å². The molecule has 2 N–H and O–H groups in total. The highest BCUT2D eigenvalue weighted by atomic mass is 32.1. The highest BCUT2D eigenvalue weighted by molar-refractivity contribution is 7.09. The van der Waals surface area contributed by atoms with Crippen LogP contribution in [0.5, 0.6) is 0 Å². The van der Waals surface area contributed by atoms with Gasteiger partial charge in [-0.15, -0.1) is 11.3 Å². The molecule has 2 heterocycles. The molecule has 18 heavy (non-hydrogen) atoms. The van der Waals surface area contributed by atoms with Crippen LogP contribution in [0.2, 0.25) is 0 Å². The van der Waals surface area contributed by atoms with Gasteiger partial charge in [0.25, 0.3) is 0 Å². The van der Waals surface area contributed by atoms with Crippen molar-refractivity contribution in [3.63, 3.8) is 0 Å². The zero-order chi connectivity index (χ0) is 12.6. The van der Waals surface area contributed by atoms with Gasteiger partial charge >= 0.3 is 0 Å². The summed E-state index contributed by atoms with van der Waals surface area (Å²) < 4.78 is 5.28. The van der Waals surface area contributed by atoms with E-state index in [-0.39, 0.29) is 6.10 Å². The van der Waals surface area contributed by atoms with Gasteiger partial charge in [-0.05, 0) is 17.9 Å². The summed E-state index contributed by atoms with van der Waals surface area (Å²) in [6.45, 7) is 5.80. The number of nitrogens with one attached hydrogen (secondary N) is 1. The number of β-amino-alcohol motifs (C(OH)–C–C–N with tert-alkyl or cyclic N) is 1. The van der Waals surface area contributed by atoms with E-state index in [0.29, 0.717) is 6.54 Å². The van der Waals surface area contributed by atoms with E-state index in [1.54, 1.807) is 11.3 Å². The summed E-state index contributed by atoms with van der Waals surface area (Å²) in [5.74, 6) is 0. The summed E-state index contributed by atoms with van der Waals surface area (Å²) in [6, 6.07) is 4.23. The van der Waals surface area contributed by atoms with Crippen molar-refractivity contribution < 1.29 is 9.84 Å². The average Bonchev–Trinajstić information content (AvgIpc) is 2.89. The van der Waals surface area contributed by atoms with Crippen LogP contribution in [0.25, 0.3) is 0 Å². The average molecular weight is 270 g/mol. The lowest BCUT2D eigenvalue weighted by atomic mass is 10.3. The monoisotopic (exact) mass is 270 g/mol. The van der Waals surface area contributed by atoms with Crippen molar-refractivity contribution in [2.45, 2.75) is 12.5 Å². The minimum absolute atomic E-state index is 0.286. The Morgan fingerprint density at radius 2 is 2.28 bits per heavy atom. The van der Waals surface area contributed by atoms with Crippen LogP contribution in [0.1, 0.15) is 4.88 Å². The van der Waals surface area contributed by atoms with Crippen LogP contribution in [0.3, 0.4) is 0 Å². The molecule has 1 fully saturated rings. The molecule has 4 nitrogen and oxygen atoms in total. The molecule has 2 rings (SSSR count). The maximum absolute atomic E-state index is 9.92. The van der Waals surface area contributed by atoms with Gasteiger partial charge in [0.1, 0.15) is 0 Å². The highest BCUT2D eigenvalue weighted by Crippen LogP contribution is 2.08. The molecule has 102 valence electrons. The number of hydrogen-bond donors (Lipinski definition) is 2. The topological polar surface area (TPSA) is 44.7 Å².